The van der Waals surface area contributed by atoms with E-state index in [1.807, 2.05) is 6.20 Å². The Hall–Kier alpha value is -3.12. The fourth-order valence-corrected chi connectivity index (χ4v) is 6.12. The number of aryl methyl sites for hydroxylation is 2. The third-order valence-electron chi connectivity index (χ3n) is 6.37. The number of benzene rings is 1. The molecule has 0 aliphatic carbocycles. The van der Waals surface area contributed by atoms with Crippen LogP contribution in [-0.4, -0.2) is 62.7 Å². The van der Waals surface area contributed by atoms with Gasteiger partial charge in [-0.15, -0.1) is 0 Å². The number of sulfonamides is 1. The van der Waals surface area contributed by atoms with Crippen molar-refractivity contribution in [1.82, 2.24) is 9.88 Å². The van der Waals surface area contributed by atoms with Crippen molar-refractivity contribution in [2.24, 2.45) is 0 Å². The molecule has 2 aliphatic rings. The second-order valence-electron chi connectivity index (χ2n) is 8.55. The largest absolute Gasteiger partial charge is 0.353 e. The van der Waals surface area contributed by atoms with Gasteiger partial charge in [0.1, 0.15) is 11.9 Å². The van der Waals surface area contributed by atoms with Gasteiger partial charge in [0.25, 0.3) is 5.91 Å². The number of carbonyl (C=O) groups excluding carboxylic acids is 1. The molecule has 2 saturated heterocycles. The predicted molar refractivity (Wildman–Crippen MR) is 128 cm³/mol. The Kier molecular flexibility index (Phi) is 6.56. The van der Waals surface area contributed by atoms with Crippen LogP contribution in [0, 0.1) is 18.3 Å². The van der Waals surface area contributed by atoms with Crippen molar-refractivity contribution in [1.29, 1.82) is 5.26 Å². The summed E-state index contributed by atoms with van der Waals surface area (Å²) in [5.41, 5.74) is 3.29. The summed E-state index contributed by atoms with van der Waals surface area (Å²) in [6.07, 6.45) is 4.27. The molecular weight excluding hydrogens is 438 g/mol. The van der Waals surface area contributed by atoms with Gasteiger partial charge in [0.15, 0.2) is 0 Å². The van der Waals surface area contributed by atoms with E-state index in [1.165, 1.54) is 15.9 Å². The number of pyridine rings is 1. The van der Waals surface area contributed by atoms with Crippen molar-refractivity contribution >= 4 is 27.4 Å². The molecule has 0 spiro atoms. The highest BCUT2D eigenvalue weighted by Gasteiger charge is 2.29. The van der Waals surface area contributed by atoms with Gasteiger partial charge in [0.05, 0.1) is 22.6 Å². The third-order valence-corrected chi connectivity index (χ3v) is 8.24. The van der Waals surface area contributed by atoms with Crippen molar-refractivity contribution in [3.8, 4) is 6.07 Å². The molecule has 2 aromatic rings. The molecule has 0 bridgehead atoms. The van der Waals surface area contributed by atoms with E-state index in [0.29, 0.717) is 50.4 Å². The molecule has 0 unspecified atom stereocenters. The van der Waals surface area contributed by atoms with Gasteiger partial charge >= 0.3 is 0 Å². The van der Waals surface area contributed by atoms with Gasteiger partial charge in [-0.05, 0) is 55.5 Å². The minimum atomic E-state index is -3.38. The van der Waals surface area contributed by atoms with Crippen molar-refractivity contribution < 1.29 is 13.2 Å². The van der Waals surface area contributed by atoms with E-state index in [1.54, 1.807) is 17.0 Å². The van der Waals surface area contributed by atoms with Gasteiger partial charge in [-0.2, -0.15) is 5.26 Å². The average molecular weight is 468 g/mol. The molecule has 1 aromatic heterocycles. The van der Waals surface area contributed by atoms with Gasteiger partial charge in [0, 0.05) is 38.9 Å². The molecule has 2 aliphatic heterocycles. The van der Waals surface area contributed by atoms with Crippen LogP contribution in [0.4, 0.5) is 11.5 Å². The summed E-state index contributed by atoms with van der Waals surface area (Å²) in [7, 11) is -3.38. The van der Waals surface area contributed by atoms with Crippen LogP contribution in [0.3, 0.4) is 0 Å². The zero-order valence-corrected chi connectivity index (χ0v) is 19.9. The number of hydrogen-bond acceptors (Lipinski definition) is 6. The average Bonchev–Trinajstić information content (AvgIpc) is 2.83. The summed E-state index contributed by atoms with van der Waals surface area (Å²) >= 11 is 0. The lowest BCUT2D eigenvalue weighted by atomic mass is 10.1. The molecule has 1 amide bonds. The quantitative estimate of drug-likeness (QED) is 0.686. The van der Waals surface area contributed by atoms with Crippen LogP contribution in [0.15, 0.2) is 30.5 Å². The smallest absolute Gasteiger partial charge is 0.255 e. The number of anilines is 2. The highest BCUT2D eigenvalue weighted by molar-refractivity contribution is 7.92. The van der Waals surface area contributed by atoms with Crippen molar-refractivity contribution in [3.63, 3.8) is 0 Å². The minimum Gasteiger partial charge on any atom is -0.353 e. The van der Waals surface area contributed by atoms with Crippen molar-refractivity contribution in [2.45, 2.75) is 33.1 Å². The fraction of sp³-hybridized carbons (Fsp3) is 0.458. The monoisotopic (exact) mass is 467 g/mol. The molecule has 174 valence electrons. The van der Waals surface area contributed by atoms with Crippen LogP contribution in [-0.2, 0) is 16.4 Å². The Morgan fingerprint density at radius 1 is 1.12 bits per heavy atom. The second kappa shape index (κ2) is 9.40. The lowest BCUT2D eigenvalue weighted by molar-refractivity contribution is 0.0746. The summed E-state index contributed by atoms with van der Waals surface area (Å²) in [6.45, 7) is 6.95. The number of piperazine rings is 1. The van der Waals surface area contributed by atoms with Crippen LogP contribution in [0.5, 0.6) is 0 Å². The normalized spacial score (nSPS) is 18.2. The van der Waals surface area contributed by atoms with Gasteiger partial charge in [-0.25, -0.2) is 13.4 Å². The lowest BCUT2D eigenvalue weighted by Crippen LogP contribution is -2.49. The maximum atomic E-state index is 13.2. The van der Waals surface area contributed by atoms with E-state index in [0.717, 1.165) is 24.2 Å². The molecule has 0 radical (unpaired) electrons. The zero-order valence-electron chi connectivity index (χ0n) is 19.1. The first-order valence-corrected chi connectivity index (χ1v) is 13.0. The van der Waals surface area contributed by atoms with Crippen LogP contribution < -0.4 is 9.21 Å². The van der Waals surface area contributed by atoms with E-state index in [9.17, 15) is 18.5 Å². The van der Waals surface area contributed by atoms with E-state index < -0.39 is 10.0 Å². The Labute approximate surface area is 195 Å². The topological polar surface area (TPSA) is 97.6 Å². The standard InChI is InChI=1S/C24H29N5O3S/c1-3-19-14-18(2)23(26-17-19)27-9-11-28(12-10-27)24(30)22-7-6-21(15-20(22)16-25)29-8-4-5-13-33(29,31)32/h6-7,14-15,17H,3-5,8-13H2,1-2H3. The predicted octanol–water partition coefficient (Wildman–Crippen LogP) is 2.72. The molecule has 3 heterocycles. The Bertz CT molecular complexity index is 1200. The van der Waals surface area contributed by atoms with Crippen LogP contribution >= 0.6 is 0 Å². The van der Waals surface area contributed by atoms with Crippen LogP contribution in [0.25, 0.3) is 0 Å². The number of carbonyl (C=O) groups is 1. The van der Waals surface area contributed by atoms with E-state index in [4.69, 9.17) is 0 Å². The molecule has 0 N–H and O–H groups in total. The Morgan fingerprint density at radius 2 is 1.88 bits per heavy atom. The first-order valence-electron chi connectivity index (χ1n) is 11.4. The van der Waals surface area contributed by atoms with Crippen LogP contribution in [0.2, 0.25) is 0 Å². The number of amides is 1. The molecule has 0 saturated carbocycles. The summed E-state index contributed by atoms with van der Waals surface area (Å²) in [4.78, 5) is 21.8. The zero-order chi connectivity index (χ0) is 23.6. The molecule has 33 heavy (non-hydrogen) atoms. The number of nitriles is 1. The van der Waals surface area contributed by atoms with E-state index in [-0.39, 0.29) is 17.2 Å². The summed E-state index contributed by atoms with van der Waals surface area (Å²) < 4.78 is 26.2. The number of nitrogens with zero attached hydrogens (tertiary/aromatic N) is 5. The number of aromatic nitrogens is 1. The molecule has 0 atom stereocenters. The molecule has 1 aromatic carbocycles. The fourth-order valence-electron chi connectivity index (χ4n) is 4.49. The Morgan fingerprint density at radius 3 is 2.52 bits per heavy atom. The third kappa shape index (κ3) is 4.67. The maximum Gasteiger partial charge on any atom is 0.255 e. The van der Waals surface area contributed by atoms with E-state index >= 15 is 0 Å². The van der Waals surface area contributed by atoms with Gasteiger partial charge in [-0.1, -0.05) is 13.0 Å². The summed E-state index contributed by atoms with van der Waals surface area (Å²) in [5.74, 6) is 0.851. The first-order chi connectivity index (χ1) is 15.8. The molecule has 8 nitrogen and oxygen atoms in total. The summed E-state index contributed by atoms with van der Waals surface area (Å²) in [5, 5.41) is 9.68. The maximum absolute atomic E-state index is 13.2. The second-order valence-corrected chi connectivity index (χ2v) is 10.6. The van der Waals surface area contributed by atoms with Gasteiger partial charge in [-0.3, -0.25) is 9.10 Å². The minimum absolute atomic E-state index is 0.106. The van der Waals surface area contributed by atoms with Gasteiger partial charge < -0.3 is 9.80 Å². The highest BCUT2D eigenvalue weighted by Crippen LogP contribution is 2.27. The van der Waals surface area contributed by atoms with Crippen molar-refractivity contribution in [3.05, 3.63) is 52.7 Å². The lowest BCUT2D eigenvalue weighted by Gasteiger charge is -2.36. The van der Waals surface area contributed by atoms with Gasteiger partial charge in [0.2, 0.25) is 10.0 Å². The summed E-state index contributed by atoms with van der Waals surface area (Å²) in [6, 6.07) is 8.98. The van der Waals surface area contributed by atoms with Crippen LogP contribution in [0.1, 0.15) is 46.8 Å². The molecule has 4 rings (SSSR count). The molecular formula is C24H29N5O3S. The molecule has 2 fully saturated rings. The number of hydrogen-bond donors (Lipinski definition) is 0. The van der Waals surface area contributed by atoms with E-state index in [2.05, 4.69) is 35.9 Å². The highest BCUT2D eigenvalue weighted by atomic mass is 32.2. The first kappa shape index (κ1) is 23.1. The molecule has 9 heteroatoms. The Balaban J connectivity index is 1.48. The van der Waals surface area contributed by atoms with Crippen molar-refractivity contribution in [2.75, 3.05) is 47.7 Å². The number of rotatable bonds is 4. The SMILES string of the molecule is CCc1cnc(N2CCN(C(=O)c3ccc(N4CCCCS4(=O)=O)cc3C#N)CC2)c(C)c1.